The van der Waals surface area contributed by atoms with Crippen LogP contribution in [0.5, 0.6) is 5.75 Å². The highest BCUT2D eigenvalue weighted by molar-refractivity contribution is 7.85. The number of anilines is 2. The van der Waals surface area contributed by atoms with Gasteiger partial charge in [-0.15, -0.1) is 0 Å². The number of pyridine rings is 1. The third-order valence-corrected chi connectivity index (χ3v) is 7.42. The molecule has 142 valence electrons. The second-order valence-corrected chi connectivity index (χ2v) is 9.25. The molecule has 1 atom stereocenters. The van der Waals surface area contributed by atoms with Gasteiger partial charge in [0.05, 0.1) is 27.1 Å². The normalized spacial score (nSPS) is 22.0. The largest absolute Gasteiger partial charge is 0.486 e. The van der Waals surface area contributed by atoms with Gasteiger partial charge in [0.2, 0.25) is 0 Å². The van der Waals surface area contributed by atoms with E-state index in [0.29, 0.717) is 18.3 Å². The predicted molar refractivity (Wildman–Crippen MR) is 109 cm³/mol. The lowest BCUT2D eigenvalue weighted by Gasteiger charge is -2.35. The second-order valence-electron chi connectivity index (χ2n) is 7.30. The van der Waals surface area contributed by atoms with Gasteiger partial charge in [0.15, 0.2) is 11.6 Å². The Kier molecular flexibility index (Phi) is 4.48. The summed E-state index contributed by atoms with van der Waals surface area (Å²) in [6, 6.07) is 8.23. The zero-order valence-corrected chi connectivity index (χ0v) is 16.6. The molecule has 1 aromatic carbocycles. The number of fused-ring (bicyclic) bond motifs is 3. The molecular formula is C20H22ClN3O2S. The van der Waals surface area contributed by atoms with E-state index in [0.717, 1.165) is 71.8 Å². The molecule has 7 heteroatoms. The monoisotopic (exact) mass is 403 g/mol. The number of hydrogen-bond donors (Lipinski definition) is 1. The van der Waals surface area contributed by atoms with E-state index >= 15 is 0 Å². The Morgan fingerprint density at radius 2 is 2.00 bits per heavy atom. The molecule has 0 spiro atoms. The number of hydrogen-bond acceptors (Lipinski definition) is 5. The lowest BCUT2D eigenvalue weighted by atomic mass is 9.89. The number of nitrogens with zero attached hydrogens (tertiary/aromatic N) is 2. The number of aromatic nitrogens is 1. The van der Waals surface area contributed by atoms with Gasteiger partial charge in [0, 0.05) is 36.8 Å². The molecule has 0 saturated carbocycles. The average Bonchev–Trinajstić information content (AvgIpc) is 3.09. The molecular weight excluding hydrogens is 382 g/mol. The molecule has 27 heavy (non-hydrogen) atoms. The number of halogens is 1. The van der Waals surface area contributed by atoms with Crippen LogP contribution in [0.2, 0.25) is 5.02 Å². The Bertz CT molecular complexity index is 895. The SMILES string of the molecule is O=S1CCc2nc(N3CCC(c4ccc(Cl)cc4)CC3)c3c(c21)NCCO3. The zero-order valence-electron chi connectivity index (χ0n) is 15.0. The molecule has 1 N–H and O–H groups in total. The van der Waals surface area contributed by atoms with Gasteiger partial charge in [-0.3, -0.25) is 4.21 Å². The Morgan fingerprint density at radius 3 is 2.78 bits per heavy atom. The summed E-state index contributed by atoms with van der Waals surface area (Å²) < 4.78 is 18.4. The van der Waals surface area contributed by atoms with Gasteiger partial charge in [-0.1, -0.05) is 23.7 Å². The van der Waals surface area contributed by atoms with Crippen molar-refractivity contribution in [3.05, 3.63) is 40.5 Å². The number of rotatable bonds is 2. The van der Waals surface area contributed by atoms with Gasteiger partial charge in [-0.25, -0.2) is 4.98 Å². The zero-order chi connectivity index (χ0) is 18.4. The predicted octanol–water partition coefficient (Wildman–Crippen LogP) is 3.59. The van der Waals surface area contributed by atoms with Crippen molar-refractivity contribution in [2.45, 2.75) is 30.1 Å². The molecule has 1 unspecified atom stereocenters. The van der Waals surface area contributed by atoms with Crippen LogP contribution in [0.4, 0.5) is 11.5 Å². The smallest absolute Gasteiger partial charge is 0.186 e. The fourth-order valence-electron chi connectivity index (χ4n) is 4.29. The van der Waals surface area contributed by atoms with Crippen molar-refractivity contribution in [2.24, 2.45) is 0 Å². The van der Waals surface area contributed by atoms with E-state index in [1.54, 1.807) is 0 Å². The first-order valence-electron chi connectivity index (χ1n) is 9.53. The molecule has 1 fully saturated rings. The number of aryl methyl sites for hydroxylation is 1. The Labute approximate surface area is 166 Å². The van der Waals surface area contributed by atoms with Gasteiger partial charge in [-0.05, 0) is 36.5 Å². The van der Waals surface area contributed by atoms with Gasteiger partial charge in [0.1, 0.15) is 6.61 Å². The molecule has 4 heterocycles. The fraction of sp³-hybridized carbons (Fsp3) is 0.450. The molecule has 2 aromatic rings. The lowest BCUT2D eigenvalue weighted by Crippen LogP contribution is -2.35. The van der Waals surface area contributed by atoms with Crippen molar-refractivity contribution in [1.29, 1.82) is 0 Å². The van der Waals surface area contributed by atoms with Crippen LogP contribution in [0.15, 0.2) is 29.2 Å². The summed E-state index contributed by atoms with van der Waals surface area (Å²) in [6.45, 7) is 3.25. The van der Waals surface area contributed by atoms with E-state index in [2.05, 4.69) is 22.3 Å². The van der Waals surface area contributed by atoms with E-state index in [9.17, 15) is 4.21 Å². The van der Waals surface area contributed by atoms with E-state index in [1.807, 2.05) is 12.1 Å². The van der Waals surface area contributed by atoms with Crippen LogP contribution in [0.25, 0.3) is 0 Å². The molecule has 1 aromatic heterocycles. The summed E-state index contributed by atoms with van der Waals surface area (Å²) >= 11 is 6.02. The number of benzene rings is 1. The van der Waals surface area contributed by atoms with Gasteiger partial charge in [-0.2, -0.15) is 0 Å². The summed E-state index contributed by atoms with van der Waals surface area (Å²) in [5.74, 6) is 2.93. The van der Waals surface area contributed by atoms with Crippen molar-refractivity contribution in [1.82, 2.24) is 4.98 Å². The van der Waals surface area contributed by atoms with Crippen molar-refractivity contribution in [3.8, 4) is 5.75 Å². The molecule has 0 amide bonds. The summed E-state index contributed by atoms with van der Waals surface area (Å²) in [7, 11) is -0.967. The Morgan fingerprint density at radius 1 is 1.22 bits per heavy atom. The maximum Gasteiger partial charge on any atom is 0.186 e. The molecule has 5 rings (SSSR count). The summed E-state index contributed by atoms with van der Waals surface area (Å²) in [5.41, 5.74) is 3.24. The fourth-order valence-corrected chi connectivity index (χ4v) is 5.81. The van der Waals surface area contributed by atoms with Gasteiger partial charge in [0.25, 0.3) is 0 Å². The third-order valence-electron chi connectivity index (χ3n) is 5.70. The molecule has 0 radical (unpaired) electrons. The van der Waals surface area contributed by atoms with Crippen molar-refractivity contribution >= 4 is 33.9 Å². The topological polar surface area (TPSA) is 54.5 Å². The van der Waals surface area contributed by atoms with Crippen LogP contribution >= 0.6 is 11.6 Å². The van der Waals surface area contributed by atoms with Crippen molar-refractivity contribution in [2.75, 3.05) is 42.2 Å². The van der Waals surface area contributed by atoms with E-state index in [4.69, 9.17) is 21.3 Å². The molecule has 0 aliphatic carbocycles. The number of piperidine rings is 1. The molecule has 5 nitrogen and oxygen atoms in total. The summed E-state index contributed by atoms with van der Waals surface area (Å²) in [4.78, 5) is 8.10. The first kappa shape index (κ1) is 17.3. The molecule has 1 saturated heterocycles. The third kappa shape index (κ3) is 3.09. The summed E-state index contributed by atoms with van der Waals surface area (Å²) in [5, 5.41) is 4.20. The molecule has 0 bridgehead atoms. The molecule has 3 aliphatic heterocycles. The molecule has 3 aliphatic rings. The summed E-state index contributed by atoms with van der Waals surface area (Å²) in [6.07, 6.45) is 2.94. The standard InChI is InChI=1S/C20H22ClN3O2S/c21-15-3-1-13(2-4-15)14-5-9-24(10-6-14)20-18-17(22-8-11-26-18)19-16(23-20)7-12-27(19)25/h1-4,14,22H,5-12H2. The first-order valence-corrected chi connectivity index (χ1v) is 11.2. The van der Waals surface area contributed by atoms with E-state index in [-0.39, 0.29) is 0 Å². The Hall–Kier alpha value is -1.79. The highest BCUT2D eigenvalue weighted by atomic mass is 35.5. The minimum Gasteiger partial charge on any atom is -0.486 e. The minimum atomic E-state index is -0.967. The van der Waals surface area contributed by atoms with Gasteiger partial charge < -0.3 is 15.0 Å². The van der Waals surface area contributed by atoms with Crippen molar-refractivity contribution < 1.29 is 8.95 Å². The van der Waals surface area contributed by atoms with Crippen LogP contribution in [0, 0.1) is 0 Å². The maximum atomic E-state index is 12.4. The maximum absolute atomic E-state index is 12.4. The lowest BCUT2D eigenvalue weighted by molar-refractivity contribution is 0.319. The Balaban J connectivity index is 1.41. The number of ether oxygens (including phenoxy) is 1. The highest BCUT2D eigenvalue weighted by Crippen LogP contribution is 2.45. The van der Waals surface area contributed by atoms with Crippen LogP contribution in [-0.2, 0) is 17.2 Å². The first-order chi connectivity index (χ1) is 13.2. The van der Waals surface area contributed by atoms with Crippen LogP contribution < -0.4 is 15.0 Å². The average molecular weight is 404 g/mol. The van der Waals surface area contributed by atoms with E-state index < -0.39 is 10.8 Å². The minimum absolute atomic E-state index is 0.551. The van der Waals surface area contributed by atoms with E-state index in [1.165, 1.54) is 5.56 Å². The quantitative estimate of drug-likeness (QED) is 0.830. The number of nitrogens with one attached hydrogen (secondary N) is 1. The van der Waals surface area contributed by atoms with Crippen LogP contribution in [0.3, 0.4) is 0 Å². The van der Waals surface area contributed by atoms with Crippen molar-refractivity contribution in [3.63, 3.8) is 0 Å². The highest BCUT2D eigenvalue weighted by Gasteiger charge is 2.33. The van der Waals surface area contributed by atoms with Crippen LogP contribution in [0.1, 0.15) is 30.0 Å². The second kappa shape index (κ2) is 6.99. The van der Waals surface area contributed by atoms with Crippen LogP contribution in [-0.4, -0.2) is 41.2 Å². The van der Waals surface area contributed by atoms with Gasteiger partial charge >= 0.3 is 0 Å².